The summed E-state index contributed by atoms with van der Waals surface area (Å²) in [4.78, 5) is 11.0. The predicted octanol–water partition coefficient (Wildman–Crippen LogP) is 5.53. The van der Waals surface area contributed by atoms with Gasteiger partial charge in [-0.2, -0.15) is 0 Å². The average molecular weight is 365 g/mol. The standard InChI is InChI=1S/C22H36O4/c1-3-4-5-6-7-8-9-10-11-12-13-20(24)14-19-15-21(25)17-22(16-19)26-18(2)23/h15-17,20,24-25H,3-14H2,1-2H3. The molecule has 1 atom stereocenters. The molecule has 1 aromatic rings. The van der Waals surface area contributed by atoms with E-state index >= 15 is 0 Å². The minimum absolute atomic E-state index is 0.0462. The highest BCUT2D eigenvalue weighted by atomic mass is 16.5. The molecule has 4 heteroatoms. The minimum Gasteiger partial charge on any atom is -0.508 e. The number of aromatic hydroxyl groups is 1. The van der Waals surface area contributed by atoms with Crippen molar-refractivity contribution in [3.8, 4) is 11.5 Å². The van der Waals surface area contributed by atoms with Crippen LogP contribution in [0, 0.1) is 0 Å². The van der Waals surface area contributed by atoms with Crippen LogP contribution in [0.5, 0.6) is 11.5 Å². The Bertz CT molecular complexity index is 513. The van der Waals surface area contributed by atoms with Gasteiger partial charge in [-0.05, 0) is 30.5 Å². The van der Waals surface area contributed by atoms with Crippen LogP contribution in [-0.2, 0) is 11.2 Å². The number of benzene rings is 1. The highest BCUT2D eigenvalue weighted by Gasteiger charge is 2.09. The maximum atomic E-state index is 11.0. The number of aliphatic hydroxyl groups is 1. The number of hydrogen-bond donors (Lipinski definition) is 2. The molecule has 0 bridgehead atoms. The third-order valence-corrected chi connectivity index (χ3v) is 4.57. The lowest BCUT2D eigenvalue weighted by atomic mass is 10.0. The Morgan fingerprint density at radius 1 is 0.962 bits per heavy atom. The van der Waals surface area contributed by atoms with E-state index in [4.69, 9.17) is 4.74 Å². The van der Waals surface area contributed by atoms with Gasteiger partial charge < -0.3 is 14.9 Å². The molecule has 148 valence electrons. The summed E-state index contributed by atoms with van der Waals surface area (Å²) < 4.78 is 5.00. The summed E-state index contributed by atoms with van der Waals surface area (Å²) in [5.41, 5.74) is 0.779. The van der Waals surface area contributed by atoms with Crippen molar-refractivity contribution in [1.82, 2.24) is 0 Å². The van der Waals surface area contributed by atoms with Gasteiger partial charge in [0.05, 0.1) is 6.10 Å². The molecule has 0 fully saturated rings. The molecule has 1 rings (SSSR count). The Morgan fingerprint density at radius 2 is 1.54 bits per heavy atom. The summed E-state index contributed by atoms with van der Waals surface area (Å²) in [5, 5.41) is 19.9. The van der Waals surface area contributed by atoms with Crippen LogP contribution in [0.25, 0.3) is 0 Å². The van der Waals surface area contributed by atoms with Gasteiger partial charge in [0.15, 0.2) is 0 Å². The lowest BCUT2D eigenvalue weighted by Gasteiger charge is -2.12. The van der Waals surface area contributed by atoms with E-state index in [0.717, 1.165) is 24.8 Å². The van der Waals surface area contributed by atoms with E-state index in [0.29, 0.717) is 12.2 Å². The molecule has 0 aliphatic carbocycles. The van der Waals surface area contributed by atoms with Gasteiger partial charge in [0, 0.05) is 13.0 Å². The predicted molar refractivity (Wildman–Crippen MR) is 106 cm³/mol. The van der Waals surface area contributed by atoms with Crippen molar-refractivity contribution in [2.45, 2.75) is 97.0 Å². The van der Waals surface area contributed by atoms with Crippen LogP contribution in [0.1, 0.15) is 90.0 Å². The Labute approximate surface area is 158 Å². The quantitative estimate of drug-likeness (QED) is 0.259. The van der Waals surface area contributed by atoms with Crippen LogP contribution < -0.4 is 4.74 Å². The Morgan fingerprint density at radius 3 is 2.12 bits per heavy atom. The van der Waals surface area contributed by atoms with E-state index in [1.807, 2.05) is 0 Å². The Hall–Kier alpha value is -1.55. The van der Waals surface area contributed by atoms with E-state index in [2.05, 4.69) is 6.92 Å². The first-order chi connectivity index (χ1) is 12.5. The third kappa shape index (κ3) is 11.1. The molecular weight excluding hydrogens is 328 g/mol. The maximum Gasteiger partial charge on any atom is 0.308 e. The molecule has 26 heavy (non-hydrogen) atoms. The molecule has 0 aliphatic rings. The van der Waals surface area contributed by atoms with E-state index in [1.54, 1.807) is 12.1 Å². The van der Waals surface area contributed by atoms with Gasteiger partial charge in [-0.15, -0.1) is 0 Å². The van der Waals surface area contributed by atoms with Gasteiger partial charge in [0.2, 0.25) is 0 Å². The van der Waals surface area contributed by atoms with Crippen LogP contribution in [0.15, 0.2) is 18.2 Å². The highest BCUT2D eigenvalue weighted by molar-refractivity contribution is 5.69. The number of unbranched alkanes of at least 4 members (excludes halogenated alkanes) is 9. The molecule has 0 spiro atoms. The molecule has 2 N–H and O–H groups in total. The number of ether oxygens (including phenoxy) is 1. The Balaban J connectivity index is 2.15. The van der Waals surface area contributed by atoms with Crippen molar-refractivity contribution in [3.05, 3.63) is 23.8 Å². The number of aliphatic hydroxyl groups excluding tert-OH is 1. The van der Waals surface area contributed by atoms with Crippen LogP contribution in [0.2, 0.25) is 0 Å². The summed E-state index contributed by atoms with van der Waals surface area (Å²) in [6, 6.07) is 4.71. The number of hydrogen-bond acceptors (Lipinski definition) is 4. The summed E-state index contributed by atoms with van der Waals surface area (Å²) in [6.45, 7) is 3.57. The number of carbonyl (C=O) groups excluding carboxylic acids is 1. The van der Waals surface area contributed by atoms with Crippen molar-refractivity contribution >= 4 is 5.97 Å². The smallest absolute Gasteiger partial charge is 0.308 e. The second kappa shape index (κ2) is 13.6. The van der Waals surface area contributed by atoms with Gasteiger partial charge >= 0.3 is 5.97 Å². The molecule has 0 saturated heterocycles. The topological polar surface area (TPSA) is 66.8 Å². The second-order valence-electron chi connectivity index (χ2n) is 7.26. The van der Waals surface area contributed by atoms with Crippen LogP contribution in [0.4, 0.5) is 0 Å². The number of rotatable bonds is 14. The summed E-state index contributed by atoms with van der Waals surface area (Å²) in [7, 11) is 0. The number of phenolic OH excluding ortho intramolecular Hbond substituents is 1. The minimum atomic E-state index is -0.434. The van der Waals surface area contributed by atoms with Gasteiger partial charge in [-0.1, -0.05) is 71.1 Å². The molecule has 0 radical (unpaired) electrons. The highest BCUT2D eigenvalue weighted by Crippen LogP contribution is 2.23. The van der Waals surface area contributed by atoms with Gasteiger partial charge in [0.25, 0.3) is 0 Å². The van der Waals surface area contributed by atoms with E-state index in [9.17, 15) is 15.0 Å². The number of carbonyl (C=O) groups is 1. The molecule has 1 aromatic carbocycles. The van der Waals surface area contributed by atoms with Crippen molar-refractivity contribution in [1.29, 1.82) is 0 Å². The van der Waals surface area contributed by atoms with E-state index < -0.39 is 12.1 Å². The molecule has 0 saturated carbocycles. The van der Waals surface area contributed by atoms with Crippen molar-refractivity contribution in [2.24, 2.45) is 0 Å². The summed E-state index contributed by atoms with van der Waals surface area (Å²) >= 11 is 0. The fourth-order valence-electron chi connectivity index (χ4n) is 3.23. The second-order valence-corrected chi connectivity index (χ2v) is 7.26. The van der Waals surface area contributed by atoms with Gasteiger partial charge in [-0.3, -0.25) is 4.79 Å². The molecular formula is C22H36O4. The van der Waals surface area contributed by atoms with Crippen molar-refractivity contribution in [2.75, 3.05) is 0 Å². The first-order valence-electron chi connectivity index (χ1n) is 10.2. The molecule has 0 aromatic heterocycles. The van der Waals surface area contributed by atoms with Crippen molar-refractivity contribution in [3.63, 3.8) is 0 Å². The number of phenols is 1. The zero-order valence-corrected chi connectivity index (χ0v) is 16.5. The van der Waals surface area contributed by atoms with Crippen molar-refractivity contribution < 1.29 is 19.7 Å². The first-order valence-corrected chi connectivity index (χ1v) is 10.2. The average Bonchev–Trinajstić information content (AvgIpc) is 2.55. The normalized spacial score (nSPS) is 12.1. The van der Waals surface area contributed by atoms with E-state index in [-0.39, 0.29) is 5.75 Å². The summed E-state index contributed by atoms with van der Waals surface area (Å²) in [5.74, 6) is -0.0593. The third-order valence-electron chi connectivity index (χ3n) is 4.57. The Kier molecular flexibility index (Phi) is 11.8. The molecule has 0 heterocycles. The zero-order valence-electron chi connectivity index (χ0n) is 16.5. The fraction of sp³-hybridized carbons (Fsp3) is 0.682. The van der Waals surface area contributed by atoms with Crippen LogP contribution in [0.3, 0.4) is 0 Å². The molecule has 1 unspecified atom stereocenters. The lowest BCUT2D eigenvalue weighted by molar-refractivity contribution is -0.131. The lowest BCUT2D eigenvalue weighted by Crippen LogP contribution is -2.10. The molecule has 0 aliphatic heterocycles. The van der Waals surface area contributed by atoms with Crippen LogP contribution in [-0.4, -0.2) is 22.3 Å². The largest absolute Gasteiger partial charge is 0.508 e. The van der Waals surface area contributed by atoms with Crippen LogP contribution >= 0.6 is 0 Å². The first kappa shape index (κ1) is 22.5. The van der Waals surface area contributed by atoms with Gasteiger partial charge in [-0.25, -0.2) is 0 Å². The number of esters is 1. The molecule has 4 nitrogen and oxygen atoms in total. The SMILES string of the molecule is CCCCCCCCCCCCC(O)Cc1cc(O)cc(OC(C)=O)c1. The zero-order chi connectivity index (χ0) is 19.2. The van der Waals surface area contributed by atoms with Gasteiger partial charge in [0.1, 0.15) is 11.5 Å². The monoisotopic (exact) mass is 364 g/mol. The fourth-order valence-corrected chi connectivity index (χ4v) is 3.23. The van der Waals surface area contributed by atoms with E-state index in [1.165, 1.54) is 64.4 Å². The summed E-state index contributed by atoms with van der Waals surface area (Å²) in [6.07, 6.45) is 13.6. The maximum absolute atomic E-state index is 11.0. The molecule has 0 amide bonds.